The van der Waals surface area contributed by atoms with Crippen LogP contribution in [0.25, 0.3) is 10.9 Å². The van der Waals surface area contributed by atoms with E-state index >= 15 is 0 Å². The molecule has 6 heteroatoms. The molecule has 5 rings (SSSR count). The molecule has 2 aliphatic heterocycles. The fourth-order valence-electron chi connectivity index (χ4n) is 4.35. The third-order valence-electron chi connectivity index (χ3n) is 5.44. The van der Waals surface area contributed by atoms with Gasteiger partial charge in [0.1, 0.15) is 5.75 Å². The van der Waals surface area contributed by atoms with E-state index in [4.69, 9.17) is 16.3 Å². The molecule has 2 aliphatic rings. The molecule has 3 heterocycles. The lowest BCUT2D eigenvalue weighted by Crippen LogP contribution is -2.56. The molecule has 1 amide bonds. The minimum absolute atomic E-state index is 0.0823. The van der Waals surface area contributed by atoms with Crippen LogP contribution in [0.2, 0.25) is 5.02 Å². The number of benzene rings is 2. The van der Waals surface area contributed by atoms with Gasteiger partial charge in [-0.05, 0) is 55.3 Å². The molecule has 0 aliphatic carbocycles. The molecule has 3 aromatic rings. The maximum atomic E-state index is 13.2. The first-order chi connectivity index (χ1) is 12.5. The second kappa shape index (κ2) is 5.25. The number of amides is 1. The minimum atomic E-state index is -0.959. The molecule has 2 atom stereocenters. The van der Waals surface area contributed by atoms with E-state index in [-0.39, 0.29) is 11.9 Å². The Hall–Kier alpha value is -2.50. The molecule has 1 aromatic heterocycles. The first-order valence-corrected chi connectivity index (χ1v) is 8.99. The Labute approximate surface area is 155 Å². The summed E-state index contributed by atoms with van der Waals surface area (Å²) in [6, 6.07) is 11.6. The van der Waals surface area contributed by atoms with Crippen LogP contribution < -0.4 is 15.4 Å². The number of hydrogen-bond acceptors (Lipinski definition) is 3. The molecular formula is C20H18ClN3O2. The smallest absolute Gasteiger partial charge is 0.255 e. The first-order valence-electron chi connectivity index (χ1n) is 8.61. The van der Waals surface area contributed by atoms with E-state index in [1.165, 1.54) is 0 Å². The van der Waals surface area contributed by atoms with Crippen molar-refractivity contribution in [2.24, 2.45) is 0 Å². The summed E-state index contributed by atoms with van der Waals surface area (Å²) in [5.41, 5.74) is 3.73. The van der Waals surface area contributed by atoms with Crippen LogP contribution in [-0.4, -0.2) is 24.0 Å². The van der Waals surface area contributed by atoms with Gasteiger partial charge in [-0.1, -0.05) is 11.6 Å². The van der Waals surface area contributed by atoms with Crippen molar-refractivity contribution in [1.82, 2.24) is 10.3 Å². The minimum Gasteiger partial charge on any atom is -0.497 e. The lowest BCUT2D eigenvalue weighted by atomic mass is 9.80. The summed E-state index contributed by atoms with van der Waals surface area (Å²) >= 11 is 6.26. The quantitative estimate of drug-likeness (QED) is 0.616. The van der Waals surface area contributed by atoms with Crippen LogP contribution in [0.1, 0.15) is 23.7 Å². The number of ether oxygens (including phenoxy) is 1. The van der Waals surface area contributed by atoms with Gasteiger partial charge in [0.2, 0.25) is 0 Å². The standard InChI is InChI=1S/C20H18ClN3O2/c1-10-7-14-13-9-12(26-2)4-6-16(13)22-18(14)20(24-10)15-8-11(21)3-5-17(15)23-19(20)25/h3-6,8-10,22,24H,7H2,1-2H3,(H,23,25). The van der Waals surface area contributed by atoms with Crippen molar-refractivity contribution in [3.8, 4) is 5.75 Å². The molecule has 2 unspecified atom stereocenters. The van der Waals surface area contributed by atoms with Gasteiger partial charge in [-0.2, -0.15) is 0 Å². The number of halogens is 1. The van der Waals surface area contributed by atoms with Crippen molar-refractivity contribution in [3.63, 3.8) is 0 Å². The highest BCUT2D eigenvalue weighted by atomic mass is 35.5. The maximum absolute atomic E-state index is 13.2. The zero-order valence-electron chi connectivity index (χ0n) is 14.4. The van der Waals surface area contributed by atoms with Gasteiger partial charge in [0.05, 0.1) is 12.8 Å². The predicted molar refractivity (Wildman–Crippen MR) is 102 cm³/mol. The number of methoxy groups -OCH3 is 1. The van der Waals surface area contributed by atoms with E-state index in [2.05, 4.69) is 22.5 Å². The molecule has 1 spiro atoms. The summed E-state index contributed by atoms with van der Waals surface area (Å²) in [6.07, 6.45) is 0.827. The number of nitrogens with one attached hydrogen (secondary N) is 3. The first kappa shape index (κ1) is 15.7. The summed E-state index contributed by atoms with van der Waals surface area (Å²) in [4.78, 5) is 16.7. The Morgan fingerprint density at radius 1 is 1.23 bits per heavy atom. The third kappa shape index (κ3) is 1.93. The molecule has 0 radical (unpaired) electrons. The SMILES string of the molecule is COc1ccc2[nH]c3c(c2c1)CC(C)NC31C(=O)Nc2ccc(Cl)cc21. The van der Waals surface area contributed by atoms with Crippen molar-refractivity contribution in [2.45, 2.75) is 24.9 Å². The van der Waals surface area contributed by atoms with Crippen LogP contribution >= 0.6 is 11.6 Å². The molecule has 0 saturated heterocycles. The van der Waals surface area contributed by atoms with Crippen LogP contribution in [-0.2, 0) is 16.8 Å². The van der Waals surface area contributed by atoms with E-state index in [1.807, 2.05) is 30.3 Å². The topological polar surface area (TPSA) is 66.1 Å². The van der Waals surface area contributed by atoms with E-state index in [1.54, 1.807) is 13.2 Å². The fraction of sp³-hybridized carbons (Fsp3) is 0.250. The summed E-state index contributed by atoms with van der Waals surface area (Å²) in [5, 5.41) is 8.25. The molecule has 0 fully saturated rings. The lowest BCUT2D eigenvalue weighted by molar-refractivity contribution is -0.121. The lowest BCUT2D eigenvalue weighted by Gasteiger charge is -2.37. The number of carbonyl (C=O) groups is 1. The van der Waals surface area contributed by atoms with Gasteiger partial charge in [0.15, 0.2) is 5.54 Å². The van der Waals surface area contributed by atoms with Gasteiger partial charge < -0.3 is 15.0 Å². The summed E-state index contributed by atoms with van der Waals surface area (Å²) in [7, 11) is 1.66. The maximum Gasteiger partial charge on any atom is 0.255 e. The number of anilines is 1. The molecule has 5 nitrogen and oxygen atoms in total. The van der Waals surface area contributed by atoms with Crippen LogP contribution in [0, 0.1) is 0 Å². The average molecular weight is 368 g/mol. The molecule has 3 N–H and O–H groups in total. The summed E-state index contributed by atoms with van der Waals surface area (Å²) in [5.74, 6) is 0.722. The number of hydrogen-bond donors (Lipinski definition) is 3. The number of aromatic amines is 1. The van der Waals surface area contributed by atoms with Crippen LogP contribution in [0.5, 0.6) is 5.75 Å². The fourth-order valence-corrected chi connectivity index (χ4v) is 4.52. The zero-order chi connectivity index (χ0) is 18.1. The highest BCUT2D eigenvalue weighted by molar-refractivity contribution is 6.31. The van der Waals surface area contributed by atoms with Gasteiger partial charge in [0, 0.05) is 33.2 Å². The van der Waals surface area contributed by atoms with E-state index in [9.17, 15) is 4.79 Å². The molecule has 0 saturated carbocycles. The van der Waals surface area contributed by atoms with Gasteiger partial charge >= 0.3 is 0 Å². The number of rotatable bonds is 1. The predicted octanol–water partition coefficient (Wildman–Crippen LogP) is 3.56. The number of carbonyl (C=O) groups excluding carboxylic acids is 1. The van der Waals surface area contributed by atoms with Crippen LogP contribution in [0.15, 0.2) is 36.4 Å². The normalized spacial score (nSPS) is 23.8. The highest BCUT2D eigenvalue weighted by Gasteiger charge is 2.53. The van der Waals surface area contributed by atoms with E-state index in [0.29, 0.717) is 5.02 Å². The Balaban J connectivity index is 1.84. The van der Waals surface area contributed by atoms with E-state index in [0.717, 1.165) is 45.6 Å². The third-order valence-corrected chi connectivity index (χ3v) is 5.67. The Kier molecular flexibility index (Phi) is 3.18. The molecule has 26 heavy (non-hydrogen) atoms. The Morgan fingerprint density at radius 3 is 2.88 bits per heavy atom. The Morgan fingerprint density at radius 2 is 2.08 bits per heavy atom. The van der Waals surface area contributed by atoms with Crippen molar-refractivity contribution in [3.05, 3.63) is 58.2 Å². The number of H-pyrrole nitrogens is 1. The van der Waals surface area contributed by atoms with Gasteiger partial charge in [-0.25, -0.2) is 0 Å². The summed E-state index contributed by atoms with van der Waals surface area (Å²) in [6.45, 7) is 2.10. The summed E-state index contributed by atoms with van der Waals surface area (Å²) < 4.78 is 5.39. The number of fused-ring (bicyclic) bond motifs is 6. The monoisotopic (exact) mass is 367 g/mol. The second-order valence-corrected chi connectivity index (χ2v) is 7.47. The van der Waals surface area contributed by atoms with Gasteiger partial charge in [-0.15, -0.1) is 0 Å². The number of aromatic nitrogens is 1. The molecule has 2 aromatic carbocycles. The molecular weight excluding hydrogens is 350 g/mol. The molecule has 0 bridgehead atoms. The van der Waals surface area contributed by atoms with Crippen molar-refractivity contribution >= 4 is 34.1 Å². The van der Waals surface area contributed by atoms with E-state index < -0.39 is 5.54 Å². The van der Waals surface area contributed by atoms with Gasteiger partial charge in [0.25, 0.3) is 5.91 Å². The second-order valence-electron chi connectivity index (χ2n) is 7.03. The van der Waals surface area contributed by atoms with Crippen molar-refractivity contribution in [1.29, 1.82) is 0 Å². The average Bonchev–Trinajstić information content (AvgIpc) is 3.12. The van der Waals surface area contributed by atoms with Crippen molar-refractivity contribution < 1.29 is 9.53 Å². The largest absolute Gasteiger partial charge is 0.497 e. The van der Waals surface area contributed by atoms with Crippen LogP contribution in [0.3, 0.4) is 0 Å². The van der Waals surface area contributed by atoms with Crippen LogP contribution in [0.4, 0.5) is 5.69 Å². The van der Waals surface area contributed by atoms with Gasteiger partial charge in [-0.3, -0.25) is 10.1 Å². The zero-order valence-corrected chi connectivity index (χ0v) is 15.2. The van der Waals surface area contributed by atoms with Crippen molar-refractivity contribution in [2.75, 3.05) is 12.4 Å². The highest BCUT2D eigenvalue weighted by Crippen LogP contribution is 2.47. The Bertz CT molecular complexity index is 1070. The molecule has 132 valence electrons.